The van der Waals surface area contributed by atoms with Crippen LogP contribution in [0.4, 0.5) is 5.13 Å². The fourth-order valence-corrected chi connectivity index (χ4v) is 3.62. The van der Waals surface area contributed by atoms with Gasteiger partial charge >= 0.3 is 0 Å². The predicted octanol–water partition coefficient (Wildman–Crippen LogP) is 2.27. The number of benzene rings is 1. The van der Waals surface area contributed by atoms with Crippen molar-refractivity contribution in [3.8, 4) is 0 Å². The lowest BCUT2D eigenvalue weighted by Gasteiger charge is -2.34. The number of thiazole rings is 1. The maximum atomic E-state index is 12.3. The number of aromatic nitrogens is 1. The lowest BCUT2D eigenvalue weighted by atomic mass is 10.2. The van der Waals surface area contributed by atoms with Crippen LogP contribution in [-0.2, 0) is 4.79 Å². The first kappa shape index (κ1) is 17.7. The second-order valence-electron chi connectivity index (χ2n) is 5.67. The molecule has 0 aliphatic carbocycles. The monoisotopic (exact) mass is 378 g/mol. The van der Waals surface area contributed by atoms with Crippen molar-refractivity contribution in [2.24, 2.45) is 0 Å². The molecule has 1 aliphatic rings. The fourth-order valence-electron chi connectivity index (χ4n) is 2.70. The van der Waals surface area contributed by atoms with Crippen LogP contribution in [0.25, 0.3) is 0 Å². The Labute approximate surface area is 155 Å². The van der Waals surface area contributed by atoms with Gasteiger partial charge in [0.2, 0.25) is 5.91 Å². The standard InChI is InChI=1S/C17H19ClN4O2S/c18-14-4-2-1-3-13(14)16(24)19-6-5-15(23)21-8-10-22(11-9-21)17-20-7-12-25-17/h1-4,7,12H,5-6,8-11H2,(H,19,24). The molecule has 1 aliphatic heterocycles. The Bertz CT molecular complexity index is 730. The Morgan fingerprint density at radius 3 is 2.64 bits per heavy atom. The van der Waals surface area contributed by atoms with E-state index in [4.69, 9.17) is 11.6 Å². The van der Waals surface area contributed by atoms with Gasteiger partial charge in [-0.05, 0) is 12.1 Å². The molecule has 0 bridgehead atoms. The first-order valence-electron chi connectivity index (χ1n) is 8.10. The highest BCUT2D eigenvalue weighted by atomic mass is 35.5. The highest BCUT2D eigenvalue weighted by molar-refractivity contribution is 7.13. The number of nitrogens with one attached hydrogen (secondary N) is 1. The fraction of sp³-hybridized carbons (Fsp3) is 0.353. The van der Waals surface area contributed by atoms with E-state index in [1.165, 1.54) is 0 Å². The van der Waals surface area contributed by atoms with Crippen molar-refractivity contribution >= 4 is 39.9 Å². The number of rotatable bonds is 5. The van der Waals surface area contributed by atoms with Crippen molar-refractivity contribution in [2.45, 2.75) is 6.42 Å². The second-order valence-corrected chi connectivity index (χ2v) is 6.95. The van der Waals surface area contributed by atoms with Gasteiger partial charge in [0.05, 0.1) is 10.6 Å². The molecule has 0 spiro atoms. The van der Waals surface area contributed by atoms with E-state index in [9.17, 15) is 9.59 Å². The Hall–Kier alpha value is -2.12. The van der Waals surface area contributed by atoms with Crippen LogP contribution in [0.1, 0.15) is 16.8 Å². The summed E-state index contributed by atoms with van der Waals surface area (Å²) in [5, 5.41) is 6.11. The minimum atomic E-state index is -0.257. The third-order valence-electron chi connectivity index (χ3n) is 4.07. The highest BCUT2D eigenvalue weighted by Crippen LogP contribution is 2.19. The molecule has 1 N–H and O–H groups in total. The minimum Gasteiger partial charge on any atom is -0.351 e. The van der Waals surface area contributed by atoms with Crippen molar-refractivity contribution in [2.75, 3.05) is 37.6 Å². The summed E-state index contributed by atoms with van der Waals surface area (Å²) >= 11 is 7.60. The van der Waals surface area contributed by atoms with Crippen LogP contribution in [0.5, 0.6) is 0 Å². The van der Waals surface area contributed by atoms with E-state index in [1.54, 1.807) is 41.8 Å². The van der Waals surface area contributed by atoms with Crippen molar-refractivity contribution in [1.82, 2.24) is 15.2 Å². The third kappa shape index (κ3) is 4.49. The van der Waals surface area contributed by atoms with Crippen molar-refractivity contribution in [1.29, 1.82) is 0 Å². The van der Waals surface area contributed by atoms with Crippen LogP contribution in [0, 0.1) is 0 Å². The van der Waals surface area contributed by atoms with Crippen LogP contribution >= 0.6 is 22.9 Å². The number of halogens is 1. The summed E-state index contributed by atoms with van der Waals surface area (Å²) < 4.78 is 0. The Kier molecular flexibility index (Phi) is 5.88. The average molecular weight is 379 g/mol. The number of anilines is 1. The molecule has 0 unspecified atom stereocenters. The van der Waals surface area contributed by atoms with Crippen LogP contribution in [0.2, 0.25) is 5.02 Å². The van der Waals surface area contributed by atoms with E-state index in [-0.39, 0.29) is 18.2 Å². The van der Waals surface area contributed by atoms with Gasteiger partial charge in [-0.2, -0.15) is 0 Å². The number of nitrogens with zero attached hydrogens (tertiary/aromatic N) is 3. The zero-order chi connectivity index (χ0) is 17.6. The molecule has 2 heterocycles. The van der Waals surface area contributed by atoms with Gasteiger partial charge in [-0.1, -0.05) is 23.7 Å². The third-order valence-corrected chi connectivity index (χ3v) is 5.23. The molecule has 132 valence electrons. The lowest BCUT2D eigenvalue weighted by molar-refractivity contribution is -0.131. The van der Waals surface area contributed by atoms with Gasteiger partial charge in [0.25, 0.3) is 5.91 Å². The largest absolute Gasteiger partial charge is 0.351 e. The molecule has 2 aromatic rings. The average Bonchev–Trinajstić information content (AvgIpc) is 3.16. The van der Waals surface area contributed by atoms with Gasteiger partial charge in [0, 0.05) is 50.7 Å². The molecule has 1 fully saturated rings. The van der Waals surface area contributed by atoms with Gasteiger partial charge in [0.15, 0.2) is 5.13 Å². The zero-order valence-corrected chi connectivity index (χ0v) is 15.2. The molecule has 6 nitrogen and oxygen atoms in total. The normalized spacial score (nSPS) is 14.4. The second kappa shape index (κ2) is 8.31. The molecule has 3 rings (SSSR count). The first-order valence-corrected chi connectivity index (χ1v) is 9.36. The van der Waals surface area contributed by atoms with Crippen LogP contribution in [0.3, 0.4) is 0 Å². The number of hydrogen-bond donors (Lipinski definition) is 1. The van der Waals surface area contributed by atoms with E-state index in [2.05, 4.69) is 15.2 Å². The van der Waals surface area contributed by atoms with E-state index < -0.39 is 0 Å². The maximum absolute atomic E-state index is 12.3. The molecule has 1 aromatic heterocycles. The topological polar surface area (TPSA) is 65.5 Å². The van der Waals surface area contributed by atoms with Gasteiger partial charge < -0.3 is 15.1 Å². The minimum absolute atomic E-state index is 0.0539. The molecule has 0 atom stereocenters. The summed E-state index contributed by atoms with van der Waals surface area (Å²) in [6.07, 6.45) is 2.08. The number of carbonyl (C=O) groups excluding carboxylic acids is 2. The summed E-state index contributed by atoms with van der Waals surface area (Å²) in [7, 11) is 0. The molecule has 1 aromatic carbocycles. The number of piperazine rings is 1. The zero-order valence-electron chi connectivity index (χ0n) is 13.7. The van der Waals surface area contributed by atoms with Crippen LogP contribution in [0.15, 0.2) is 35.8 Å². The number of hydrogen-bond acceptors (Lipinski definition) is 5. The molecular weight excluding hydrogens is 360 g/mol. The highest BCUT2D eigenvalue weighted by Gasteiger charge is 2.22. The predicted molar refractivity (Wildman–Crippen MR) is 99.3 cm³/mol. The van der Waals surface area contributed by atoms with Crippen LogP contribution < -0.4 is 10.2 Å². The van der Waals surface area contributed by atoms with Gasteiger partial charge in [-0.15, -0.1) is 11.3 Å². The molecule has 0 saturated carbocycles. The van der Waals surface area contributed by atoms with Crippen molar-refractivity contribution < 1.29 is 9.59 Å². The van der Waals surface area contributed by atoms with Gasteiger partial charge in [-0.25, -0.2) is 4.98 Å². The molecule has 2 amide bonds. The smallest absolute Gasteiger partial charge is 0.252 e. The maximum Gasteiger partial charge on any atom is 0.252 e. The molecule has 1 saturated heterocycles. The number of carbonyl (C=O) groups is 2. The van der Waals surface area contributed by atoms with Crippen LogP contribution in [-0.4, -0.2) is 54.4 Å². The number of amides is 2. The van der Waals surface area contributed by atoms with Crippen molar-refractivity contribution in [3.63, 3.8) is 0 Å². The van der Waals surface area contributed by atoms with E-state index in [0.717, 1.165) is 18.2 Å². The summed E-state index contributed by atoms with van der Waals surface area (Å²) in [5.41, 5.74) is 0.425. The van der Waals surface area contributed by atoms with Gasteiger partial charge in [-0.3, -0.25) is 9.59 Å². The SMILES string of the molecule is O=C(NCCC(=O)N1CCN(c2nccs2)CC1)c1ccccc1Cl. The molecular formula is C17H19ClN4O2S. The van der Waals surface area contributed by atoms with Gasteiger partial charge in [0.1, 0.15) is 0 Å². The summed E-state index contributed by atoms with van der Waals surface area (Å²) in [5.74, 6) is -0.203. The Morgan fingerprint density at radius 1 is 1.20 bits per heavy atom. The molecule has 0 radical (unpaired) electrons. The summed E-state index contributed by atoms with van der Waals surface area (Å²) in [6.45, 7) is 3.22. The van der Waals surface area contributed by atoms with E-state index >= 15 is 0 Å². The van der Waals surface area contributed by atoms with E-state index in [1.807, 2.05) is 10.3 Å². The quantitative estimate of drug-likeness (QED) is 0.866. The molecule has 25 heavy (non-hydrogen) atoms. The molecule has 8 heteroatoms. The summed E-state index contributed by atoms with van der Waals surface area (Å²) in [4.78, 5) is 32.7. The van der Waals surface area contributed by atoms with Crippen molar-refractivity contribution in [3.05, 3.63) is 46.4 Å². The Balaban J connectivity index is 1.41. The summed E-state index contributed by atoms with van der Waals surface area (Å²) in [6, 6.07) is 6.86. The first-order chi connectivity index (χ1) is 12.1. The lowest BCUT2D eigenvalue weighted by Crippen LogP contribution is -2.49. The van der Waals surface area contributed by atoms with E-state index in [0.29, 0.717) is 30.2 Å². The Morgan fingerprint density at radius 2 is 1.96 bits per heavy atom.